The highest BCUT2D eigenvalue weighted by atomic mass is 35.5. The van der Waals surface area contributed by atoms with Crippen molar-refractivity contribution in [2.24, 2.45) is 5.92 Å². The van der Waals surface area contributed by atoms with Gasteiger partial charge < -0.3 is 10.6 Å². The van der Waals surface area contributed by atoms with Crippen LogP contribution < -0.4 is 10.6 Å². The maximum absolute atomic E-state index is 12.2. The molecule has 134 valence electrons. The lowest BCUT2D eigenvalue weighted by Crippen LogP contribution is -2.49. The highest BCUT2D eigenvalue weighted by Gasteiger charge is 2.26. The second-order valence-electron chi connectivity index (χ2n) is 6.91. The van der Waals surface area contributed by atoms with E-state index >= 15 is 0 Å². The summed E-state index contributed by atoms with van der Waals surface area (Å²) in [5.74, 6) is 0.875. The Morgan fingerprint density at radius 1 is 1.12 bits per heavy atom. The normalized spacial score (nSPS) is 22.6. The van der Waals surface area contributed by atoms with Gasteiger partial charge in [0.25, 0.3) is 5.91 Å². The zero-order chi connectivity index (χ0) is 15.9. The van der Waals surface area contributed by atoms with Crippen molar-refractivity contribution in [1.82, 2.24) is 15.5 Å². The first-order valence-electron chi connectivity index (χ1n) is 9.11. The average molecular weight is 352 g/mol. The molecule has 2 aliphatic heterocycles. The van der Waals surface area contributed by atoms with Crippen molar-refractivity contribution in [1.29, 1.82) is 0 Å². The van der Waals surface area contributed by atoms with Gasteiger partial charge in [-0.05, 0) is 63.4 Å². The number of carbonyl (C=O) groups is 1. The van der Waals surface area contributed by atoms with Crippen LogP contribution in [0.2, 0.25) is 0 Å². The lowest BCUT2D eigenvalue weighted by Gasteiger charge is -2.39. The smallest absolute Gasteiger partial charge is 0.251 e. The number of nitrogens with zero attached hydrogens (tertiary/aromatic N) is 1. The summed E-state index contributed by atoms with van der Waals surface area (Å²) in [6, 6.07) is 10.0. The Morgan fingerprint density at radius 3 is 2.62 bits per heavy atom. The van der Waals surface area contributed by atoms with Gasteiger partial charge in [0.2, 0.25) is 0 Å². The van der Waals surface area contributed by atoms with Gasteiger partial charge in [0.15, 0.2) is 0 Å². The van der Waals surface area contributed by atoms with Crippen LogP contribution in [0.15, 0.2) is 30.3 Å². The average Bonchev–Trinajstić information content (AvgIpc) is 2.62. The van der Waals surface area contributed by atoms with E-state index < -0.39 is 0 Å². The summed E-state index contributed by atoms with van der Waals surface area (Å²) in [4.78, 5) is 14.9. The lowest BCUT2D eigenvalue weighted by molar-refractivity contribution is 0.0882. The van der Waals surface area contributed by atoms with Crippen LogP contribution in [0.25, 0.3) is 0 Å². The van der Waals surface area contributed by atoms with Gasteiger partial charge in [-0.15, -0.1) is 12.4 Å². The Kier molecular flexibility index (Phi) is 8.03. The fraction of sp³-hybridized carbons (Fsp3) is 0.632. The molecule has 0 spiro atoms. The Labute approximate surface area is 151 Å². The van der Waals surface area contributed by atoms with Crippen molar-refractivity contribution < 1.29 is 4.79 Å². The second kappa shape index (κ2) is 10.0. The van der Waals surface area contributed by atoms with Gasteiger partial charge in [-0.25, -0.2) is 0 Å². The quantitative estimate of drug-likeness (QED) is 0.857. The molecule has 1 atom stereocenters. The SMILES string of the molecule is Cl.O=C(NCC1CCCCN1CC1CCNCC1)c1ccccc1. The Hall–Kier alpha value is -1.10. The topological polar surface area (TPSA) is 44.4 Å². The molecule has 2 N–H and O–H groups in total. The van der Waals surface area contributed by atoms with Crippen LogP contribution >= 0.6 is 12.4 Å². The predicted octanol–water partition coefficient (Wildman–Crippen LogP) is 2.69. The monoisotopic (exact) mass is 351 g/mol. The molecule has 0 radical (unpaired) electrons. The van der Waals surface area contributed by atoms with E-state index in [1.165, 1.54) is 45.2 Å². The van der Waals surface area contributed by atoms with E-state index in [2.05, 4.69) is 15.5 Å². The maximum atomic E-state index is 12.2. The molecule has 0 aliphatic carbocycles. The van der Waals surface area contributed by atoms with Gasteiger partial charge >= 0.3 is 0 Å². The van der Waals surface area contributed by atoms with Gasteiger partial charge in [0.1, 0.15) is 0 Å². The zero-order valence-corrected chi connectivity index (χ0v) is 15.2. The molecule has 0 saturated carbocycles. The molecule has 24 heavy (non-hydrogen) atoms. The first-order valence-corrected chi connectivity index (χ1v) is 9.11. The van der Waals surface area contributed by atoms with Crippen molar-refractivity contribution in [3.8, 4) is 0 Å². The number of benzene rings is 1. The number of hydrogen-bond donors (Lipinski definition) is 2. The molecule has 5 heteroatoms. The number of amides is 1. The van der Waals surface area contributed by atoms with E-state index in [0.717, 1.165) is 31.1 Å². The molecule has 1 amide bonds. The molecule has 2 heterocycles. The van der Waals surface area contributed by atoms with E-state index in [1.54, 1.807) is 0 Å². The number of nitrogens with one attached hydrogen (secondary N) is 2. The molecule has 4 nitrogen and oxygen atoms in total. The standard InChI is InChI=1S/C19H29N3O.ClH/c23-19(17-6-2-1-3-7-17)21-14-18-8-4-5-13-22(18)15-16-9-11-20-12-10-16;/h1-3,6-7,16,18,20H,4-5,8-15H2,(H,21,23);1H. The zero-order valence-electron chi connectivity index (χ0n) is 14.4. The number of hydrogen-bond acceptors (Lipinski definition) is 3. The van der Waals surface area contributed by atoms with E-state index in [4.69, 9.17) is 0 Å². The van der Waals surface area contributed by atoms with E-state index in [1.807, 2.05) is 30.3 Å². The minimum atomic E-state index is 0. The first kappa shape index (κ1) is 19.2. The summed E-state index contributed by atoms with van der Waals surface area (Å²) in [6.07, 6.45) is 6.38. The van der Waals surface area contributed by atoms with Crippen LogP contribution in [-0.4, -0.2) is 49.6 Å². The highest BCUT2D eigenvalue weighted by Crippen LogP contribution is 2.21. The third kappa shape index (κ3) is 5.47. The van der Waals surface area contributed by atoms with Crippen LogP contribution in [0.5, 0.6) is 0 Å². The van der Waals surface area contributed by atoms with E-state index in [-0.39, 0.29) is 18.3 Å². The largest absolute Gasteiger partial charge is 0.350 e. The summed E-state index contributed by atoms with van der Waals surface area (Å²) in [5.41, 5.74) is 0.758. The molecule has 2 saturated heterocycles. The molecule has 3 rings (SSSR count). The number of halogens is 1. The van der Waals surface area contributed by atoms with Gasteiger partial charge in [0, 0.05) is 24.7 Å². The Bertz CT molecular complexity index is 491. The number of rotatable bonds is 5. The highest BCUT2D eigenvalue weighted by molar-refractivity contribution is 5.94. The maximum Gasteiger partial charge on any atom is 0.251 e. The molecule has 0 aromatic heterocycles. The summed E-state index contributed by atoms with van der Waals surface area (Å²) >= 11 is 0. The van der Waals surface area contributed by atoms with Crippen LogP contribution in [0, 0.1) is 5.92 Å². The predicted molar refractivity (Wildman–Crippen MR) is 101 cm³/mol. The minimum Gasteiger partial charge on any atom is -0.350 e. The molecule has 1 unspecified atom stereocenters. The molecule has 2 aliphatic rings. The van der Waals surface area contributed by atoms with E-state index in [0.29, 0.717) is 6.04 Å². The fourth-order valence-corrected chi connectivity index (χ4v) is 3.83. The molecular formula is C19H30ClN3O. The lowest BCUT2D eigenvalue weighted by atomic mass is 9.94. The minimum absolute atomic E-state index is 0. The second-order valence-corrected chi connectivity index (χ2v) is 6.91. The molecule has 1 aromatic carbocycles. The number of carbonyl (C=O) groups excluding carboxylic acids is 1. The van der Waals surface area contributed by atoms with Crippen molar-refractivity contribution >= 4 is 18.3 Å². The van der Waals surface area contributed by atoms with Gasteiger partial charge in [-0.1, -0.05) is 24.6 Å². The van der Waals surface area contributed by atoms with Crippen molar-refractivity contribution in [3.05, 3.63) is 35.9 Å². The summed E-state index contributed by atoms with van der Waals surface area (Å²) < 4.78 is 0. The van der Waals surface area contributed by atoms with Crippen LogP contribution in [0.3, 0.4) is 0 Å². The van der Waals surface area contributed by atoms with Gasteiger partial charge in [-0.2, -0.15) is 0 Å². The third-order valence-corrected chi connectivity index (χ3v) is 5.23. The Balaban J connectivity index is 0.00000208. The molecular weight excluding hydrogens is 322 g/mol. The molecule has 1 aromatic rings. The van der Waals surface area contributed by atoms with Crippen molar-refractivity contribution in [3.63, 3.8) is 0 Å². The Morgan fingerprint density at radius 2 is 1.88 bits per heavy atom. The summed E-state index contributed by atoms with van der Waals surface area (Å²) in [7, 11) is 0. The summed E-state index contributed by atoms with van der Waals surface area (Å²) in [5, 5.41) is 6.59. The fourth-order valence-electron chi connectivity index (χ4n) is 3.83. The van der Waals surface area contributed by atoms with Gasteiger partial charge in [-0.3, -0.25) is 9.69 Å². The third-order valence-electron chi connectivity index (χ3n) is 5.23. The number of piperidine rings is 2. The molecule has 0 bridgehead atoms. The van der Waals surface area contributed by atoms with E-state index in [9.17, 15) is 4.79 Å². The first-order chi connectivity index (χ1) is 11.3. The van der Waals surface area contributed by atoms with Gasteiger partial charge in [0.05, 0.1) is 0 Å². The van der Waals surface area contributed by atoms with Crippen LogP contribution in [-0.2, 0) is 0 Å². The molecule has 2 fully saturated rings. The van der Waals surface area contributed by atoms with Crippen LogP contribution in [0.4, 0.5) is 0 Å². The van der Waals surface area contributed by atoms with Crippen molar-refractivity contribution in [2.75, 3.05) is 32.7 Å². The number of likely N-dealkylation sites (tertiary alicyclic amines) is 1. The summed E-state index contributed by atoms with van der Waals surface area (Å²) in [6.45, 7) is 5.49. The van der Waals surface area contributed by atoms with Crippen molar-refractivity contribution in [2.45, 2.75) is 38.1 Å². The van der Waals surface area contributed by atoms with Crippen LogP contribution in [0.1, 0.15) is 42.5 Å².